The molecule has 1 fully saturated rings. The Kier molecular flexibility index (Phi) is 6.98. The van der Waals surface area contributed by atoms with Gasteiger partial charge in [-0.25, -0.2) is 0 Å². The van der Waals surface area contributed by atoms with Crippen LogP contribution >= 0.6 is 23.4 Å². The molecule has 7 nitrogen and oxygen atoms in total. The number of hydrogen-bond donors (Lipinski definition) is 1. The predicted molar refractivity (Wildman–Crippen MR) is 107 cm³/mol. The first kappa shape index (κ1) is 20.0. The average molecular weight is 410 g/mol. The van der Waals surface area contributed by atoms with Gasteiger partial charge >= 0.3 is 0 Å². The van der Waals surface area contributed by atoms with Crippen molar-refractivity contribution in [2.45, 2.75) is 31.6 Å². The fraction of sp³-hybridized carbons (Fsp3) is 0.500. The van der Waals surface area contributed by atoms with Crippen molar-refractivity contribution in [3.63, 3.8) is 0 Å². The molecule has 1 aliphatic heterocycles. The molecular weight excluding hydrogens is 386 g/mol. The fourth-order valence-corrected chi connectivity index (χ4v) is 3.84. The maximum Gasteiger partial charge on any atom is 0.230 e. The predicted octanol–water partition coefficient (Wildman–Crippen LogP) is 2.76. The third-order valence-corrected chi connectivity index (χ3v) is 5.61. The quantitative estimate of drug-likeness (QED) is 0.709. The zero-order valence-electron chi connectivity index (χ0n) is 15.5. The standard InChI is InChI=1S/C18H24ClN5O2S/c1-3-24-17(23-8-10-26-11-9-23)21-22-18(24)27-12-16(25)20-13(2)14-4-6-15(19)7-5-14/h4-7,13H,3,8-12H2,1-2H3,(H,20,25)/t13-/m1/s1. The molecule has 0 aliphatic carbocycles. The number of halogens is 1. The molecule has 2 heterocycles. The van der Waals surface area contributed by atoms with Crippen LogP contribution in [0.2, 0.25) is 5.02 Å². The minimum absolute atomic E-state index is 0.0407. The van der Waals surface area contributed by atoms with E-state index in [1.165, 1.54) is 11.8 Å². The van der Waals surface area contributed by atoms with Crippen molar-refractivity contribution in [1.82, 2.24) is 20.1 Å². The first-order valence-electron chi connectivity index (χ1n) is 9.02. The Hall–Kier alpha value is -1.77. The van der Waals surface area contributed by atoms with Crippen LogP contribution in [0.1, 0.15) is 25.5 Å². The number of ether oxygens (including phenoxy) is 1. The van der Waals surface area contributed by atoms with Gasteiger partial charge in [-0.05, 0) is 31.5 Å². The Morgan fingerprint density at radius 2 is 2.00 bits per heavy atom. The molecule has 1 saturated heterocycles. The number of nitrogens with zero attached hydrogens (tertiary/aromatic N) is 4. The summed E-state index contributed by atoms with van der Waals surface area (Å²) in [5.41, 5.74) is 1.02. The van der Waals surface area contributed by atoms with Gasteiger partial charge in [-0.15, -0.1) is 10.2 Å². The van der Waals surface area contributed by atoms with Crippen LogP contribution < -0.4 is 10.2 Å². The lowest BCUT2D eigenvalue weighted by molar-refractivity contribution is -0.119. The summed E-state index contributed by atoms with van der Waals surface area (Å²) >= 11 is 7.31. The number of morpholine rings is 1. The van der Waals surface area contributed by atoms with E-state index in [0.717, 1.165) is 36.3 Å². The van der Waals surface area contributed by atoms with E-state index in [1.54, 1.807) is 0 Å². The molecule has 146 valence electrons. The number of rotatable bonds is 7. The van der Waals surface area contributed by atoms with Gasteiger partial charge in [-0.3, -0.25) is 9.36 Å². The molecule has 9 heteroatoms. The van der Waals surface area contributed by atoms with Crippen molar-refractivity contribution < 1.29 is 9.53 Å². The van der Waals surface area contributed by atoms with Crippen molar-refractivity contribution in [3.8, 4) is 0 Å². The molecule has 0 spiro atoms. The largest absolute Gasteiger partial charge is 0.378 e. The lowest BCUT2D eigenvalue weighted by Gasteiger charge is -2.27. The summed E-state index contributed by atoms with van der Waals surface area (Å²) in [5, 5.41) is 13.1. The summed E-state index contributed by atoms with van der Waals surface area (Å²) in [7, 11) is 0. The number of carbonyl (C=O) groups is 1. The van der Waals surface area contributed by atoms with E-state index in [4.69, 9.17) is 16.3 Å². The van der Waals surface area contributed by atoms with Crippen LogP contribution in [0, 0.1) is 0 Å². The van der Waals surface area contributed by atoms with Crippen LogP contribution in [0.4, 0.5) is 5.95 Å². The van der Waals surface area contributed by atoms with Crippen LogP contribution in [0.3, 0.4) is 0 Å². The minimum Gasteiger partial charge on any atom is -0.378 e. The first-order chi connectivity index (χ1) is 13.1. The smallest absolute Gasteiger partial charge is 0.230 e. The van der Waals surface area contributed by atoms with Crippen LogP contribution in [-0.2, 0) is 16.1 Å². The van der Waals surface area contributed by atoms with E-state index in [1.807, 2.05) is 35.8 Å². The number of aromatic nitrogens is 3. The number of benzene rings is 1. The zero-order chi connectivity index (χ0) is 19.2. The molecule has 1 atom stereocenters. The summed E-state index contributed by atoms with van der Waals surface area (Å²) < 4.78 is 7.44. The molecule has 1 N–H and O–H groups in total. The zero-order valence-corrected chi connectivity index (χ0v) is 17.1. The summed E-state index contributed by atoms with van der Waals surface area (Å²) in [6.07, 6.45) is 0. The van der Waals surface area contributed by atoms with Crippen molar-refractivity contribution >= 4 is 35.2 Å². The molecule has 1 aromatic carbocycles. The van der Waals surface area contributed by atoms with Gasteiger partial charge in [0.05, 0.1) is 25.0 Å². The molecule has 0 bridgehead atoms. The molecule has 3 rings (SSSR count). The van der Waals surface area contributed by atoms with Crippen molar-refractivity contribution in [3.05, 3.63) is 34.9 Å². The van der Waals surface area contributed by atoms with E-state index in [2.05, 4.69) is 27.3 Å². The van der Waals surface area contributed by atoms with Gasteiger partial charge in [0.2, 0.25) is 11.9 Å². The summed E-state index contributed by atoms with van der Waals surface area (Å²) in [6.45, 7) is 7.78. The highest BCUT2D eigenvalue weighted by atomic mass is 35.5. The molecule has 0 radical (unpaired) electrons. The molecule has 1 aliphatic rings. The van der Waals surface area contributed by atoms with Gasteiger partial charge < -0.3 is 15.0 Å². The third-order valence-electron chi connectivity index (χ3n) is 4.39. The second-order valence-corrected chi connectivity index (χ2v) is 7.63. The third kappa shape index (κ3) is 5.15. The Balaban J connectivity index is 1.56. The van der Waals surface area contributed by atoms with Crippen LogP contribution in [-0.4, -0.2) is 52.7 Å². The maximum atomic E-state index is 12.3. The SMILES string of the molecule is CCn1c(SCC(=O)N[C@H](C)c2ccc(Cl)cc2)nnc1N1CCOCC1. The van der Waals surface area contributed by atoms with Gasteiger partial charge in [-0.1, -0.05) is 35.5 Å². The Morgan fingerprint density at radius 3 is 2.67 bits per heavy atom. The van der Waals surface area contributed by atoms with E-state index in [9.17, 15) is 4.79 Å². The summed E-state index contributed by atoms with van der Waals surface area (Å²) in [4.78, 5) is 14.5. The number of carbonyl (C=O) groups excluding carboxylic acids is 1. The highest BCUT2D eigenvalue weighted by Crippen LogP contribution is 2.23. The molecule has 0 saturated carbocycles. The number of anilines is 1. The molecule has 0 unspecified atom stereocenters. The molecule has 27 heavy (non-hydrogen) atoms. The van der Waals surface area contributed by atoms with Gasteiger partial charge in [0.1, 0.15) is 0 Å². The van der Waals surface area contributed by atoms with E-state index in [0.29, 0.717) is 24.0 Å². The van der Waals surface area contributed by atoms with Crippen molar-refractivity contribution in [1.29, 1.82) is 0 Å². The number of nitrogens with one attached hydrogen (secondary N) is 1. The second kappa shape index (κ2) is 9.43. The first-order valence-corrected chi connectivity index (χ1v) is 10.4. The Morgan fingerprint density at radius 1 is 1.30 bits per heavy atom. The van der Waals surface area contributed by atoms with E-state index < -0.39 is 0 Å². The van der Waals surface area contributed by atoms with Crippen LogP contribution in [0.15, 0.2) is 29.4 Å². The number of thioether (sulfide) groups is 1. The van der Waals surface area contributed by atoms with E-state index >= 15 is 0 Å². The highest BCUT2D eigenvalue weighted by Gasteiger charge is 2.20. The molecule has 2 aromatic rings. The normalized spacial score (nSPS) is 15.6. The lowest BCUT2D eigenvalue weighted by Crippen LogP contribution is -2.38. The summed E-state index contributed by atoms with van der Waals surface area (Å²) in [6, 6.07) is 7.41. The van der Waals surface area contributed by atoms with Crippen LogP contribution in [0.5, 0.6) is 0 Å². The maximum absolute atomic E-state index is 12.3. The van der Waals surface area contributed by atoms with Crippen molar-refractivity contribution in [2.24, 2.45) is 0 Å². The Labute approximate surface area is 168 Å². The Bertz CT molecular complexity index is 762. The van der Waals surface area contributed by atoms with Gasteiger partial charge in [-0.2, -0.15) is 0 Å². The van der Waals surface area contributed by atoms with Crippen molar-refractivity contribution in [2.75, 3.05) is 37.0 Å². The van der Waals surface area contributed by atoms with Gasteiger partial charge in [0.15, 0.2) is 5.16 Å². The number of amides is 1. The topological polar surface area (TPSA) is 72.3 Å². The lowest BCUT2D eigenvalue weighted by atomic mass is 10.1. The summed E-state index contributed by atoms with van der Waals surface area (Å²) in [5.74, 6) is 1.10. The molecular formula is C18H24ClN5O2S. The van der Waals surface area contributed by atoms with Gasteiger partial charge in [0, 0.05) is 24.7 Å². The fourth-order valence-electron chi connectivity index (χ4n) is 2.91. The van der Waals surface area contributed by atoms with E-state index in [-0.39, 0.29) is 11.9 Å². The van der Waals surface area contributed by atoms with Crippen LogP contribution in [0.25, 0.3) is 0 Å². The van der Waals surface area contributed by atoms with Gasteiger partial charge in [0.25, 0.3) is 0 Å². The monoisotopic (exact) mass is 409 g/mol. The molecule has 1 aromatic heterocycles. The number of hydrogen-bond acceptors (Lipinski definition) is 6. The molecule has 1 amide bonds. The minimum atomic E-state index is -0.0803. The second-order valence-electron chi connectivity index (χ2n) is 6.26. The highest BCUT2D eigenvalue weighted by molar-refractivity contribution is 7.99. The average Bonchev–Trinajstić information content (AvgIpc) is 3.10.